The van der Waals surface area contributed by atoms with Crippen LogP contribution in [0, 0.1) is 5.82 Å². The van der Waals surface area contributed by atoms with Gasteiger partial charge in [-0.15, -0.1) is 0 Å². The fourth-order valence-corrected chi connectivity index (χ4v) is 3.96. The summed E-state index contributed by atoms with van der Waals surface area (Å²) in [7, 11) is 0. The average molecular weight is 327 g/mol. The number of carbonyl (C=O) groups is 1. The van der Waals surface area contributed by atoms with E-state index in [1.165, 1.54) is 12.1 Å². The van der Waals surface area contributed by atoms with Gasteiger partial charge in [-0.1, -0.05) is 12.1 Å². The summed E-state index contributed by atoms with van der Waals surface area (Å²) in [5.74, 6) is -0.162. The third-order valence-corrected chi connectivity index (χ3v) is 5.23. The Hall–Kier alpha value is -2.17. The summed E-state index contributed by atoms with van der Waals surface area (Å²) in [6, 6.07) is 6.60. The van der Waals surface area contributed by atoms with Gasteiger partial charge in [-0.3, -0.25) is 9.48 Å². The minimum Gasteiger partial charge on any atom is -0.332 e. The highest BCUT2D eigenvalue weighted by Crippen LogP contribution is 2.33. The lowest BCUT2D eigenvalue weighted by Gasteiger charge is -2.36. The van der Waals surface area contributed by atoms with E-state index in [1.54, 1.807) is 18.3 Å². The normalized spacial score (nSPS) is 20.7. The van der Waals surface area contributed by atoms with Crippen molar-refractivity contribution in [2.24, 2.45) is 0 Å². The zero-order valence-electron chi connectivity index (χ0n) is 13.7. The molecule has 3 heterocycles. The molecule has 24 heavy (non-hydrogen) atoms. The molecule has 4 nitrogen and oxygen atoms in total. The lowest BCUT2D eigenvalue weighted by atomic mass is 9.94. The molecule has 2 aliphatic rings. The van der Waals surface area contributed by atoms with E-state index < -0.39 is 0 Å². The number of fused-ring (bicyclic) bond motifs is 1. The number of benzene rings is 1. The number of hydrogen-bond acceptors (Lipinski definition) is 2. The van der Waals surface area contributed by atoms with Gasteiger partial charge >= 0.3 is 0 Å². The number of halogens is 1. The van der Waals surface area contributed by atoms with Gasteiger partial charge in [-0.25, -0.2) is 4.39 Å². The van der Waals surface area contributed by atoms with E-state index >= 15 is 0 Å². The maximum absolute atomic E-state index is 13.2. The number of aryl methyl sites for hydroxylation is 1. The molecule has 5 heteroatoms. The minimum absolute atomic E-state index is 0.0333. The van der Waals surface area contributed by atoms with Crippen LogP contribution in [0.15, 0.2) is 30.5 Å². The second-order valence-electron chi connectivity index (χ2n) is 6.75. The molecular weight excluding hydrogens is 305 g/mol. The Balaban J connectivity index is 1.64. The summed E-state index contributed by atoms with van der Waals surface area (Å²) in [4.78, 5) is 15.1. The van der Waals surface area contributed by atoms with Crippen molar-refractivity contribution >= 4 is 5.91 Å². The van der Waals surface area contributed by atoms with E-state index in [1.807, 2.05) is 9.58 Å². The summed E-state index contributed by atoms with van der Waals surface area (Å²) >= 11 is 0. The van der Waals surface area contributed by atoms with Crippen LogP contribution in [0.25, 0.3) is 0 Å². The van der Waals surface area contributed by atoms with Crippen LogP contribution in [-0.4, -0.2) is 27.1 Å². The van der Waals surface area contributed by atoms with Crippen molar-refractivity contribution in [3.63, 3.8) is 0 Å². The first kappa shape index (κ1) is 15.4. The summed E-state index contributed by atoms with van der Waals surface area (Å²) < 4.78 is 15.2. The highest BCUT2D eigenvalue weighted by molar-refractivity contribution is 5.95. The molecule has 2 aromatic rings. The smallest absolute Gasteiger partial charge is 0.257 e. The Morgan fingerprint density at radius 1 is 1.08 bits per heavy atom. The first-order valence-electron chi connectivity index (χ1n) is 8.85. The number of hydrogen-bond donors (Lipinski definition) is 0. The quantitative estimate of drug-likeness (QED) is 0.843. The first-order valence-corrected chi connectivity index (χ1v) is 8.85. The Bertz CT molecular complexity index is 738. The third kappa shape index (κ3) is 2.72. The monoisotopic (exact) mass is 327 g/mol. The van der Waals surface area contributed by atoms with Gasteiger partial charge in [-0.2, -0.15) is 5.10 Å². The number of nitrogens with zero attached hydrogens (tertiary/aromatic N) is 3. The average Bonchev–Trinajstić information content (AvgIpc) is 3.06. The summed E-state index contributed by atoms with van der Waals surface area (Å²) in [5.41, 5.74) is 2.85. The summed E-state index contributed by atoms with van der Waals surface area (Å²) in [6.45, 7) is 1.66. The molecule has 0 aliphatic carbocycles. The molecule has 1 fully saturated rings. The number of rotatable bonds is 2. The lowest BCUT2D eigenvalue weighted by Crippen LogP contribution is -2.39. The molecular formula is C19H22FN3O. The van der Waals surface area contributed by atoms with Crippen molar-refractivity contribution in [1.29, 1.82) is 0 Å². The number of amides is 1. The van der Waals surface area contributed by atoms with Crippen LogP contribution < -0.4 is 0 Å². The maximum Gasteiger partial charge on any atom is 0.257 e. The van der Waals surface area contributed by atoms with Gasteiger partial charge in [0.1, 0.15) is 5.82 Å². The molecule has 1 atom stereocenters. The SMILES string of the molecule is O=C(c1cnn2c1CCCC2)N1CCCC[C@H]1c1ccc(F)cc1. The van der Waals surface area contributed by atoms with Crippen molar-refractivity contribution in [3.8, 4) is 0 Å². The molecule has 1 aromatic carbocycles. The van der Waals surface area contributed by atoms with Crippen LogP contribution in [0.1, 0.15) is 59.8 Å². The van der Waals surface area contributed by atoms with Gasteiger partial charge in [0.2, 0.25) is 0 Å². The highest BCUT2D eigenvalue weighted by Gasteiger charge is 2.31. The van der Waals surface area contributed by atoms with Gasteiger partial charge in [-0.05, 0) is 56.2 Å². The van der Waals surface area contributed by atoms with E-state index in [0.717, 1.165) is 68.4 Å². The number of likely N-dealkylation sites (tertiary alicyclic amines) is 1. The van der Waals surface area contributed by atoms with Crippen LogP contribution in [0.4, 0.5) is 4.39 Å². The molecule has 1 amide bonds. The Labute approximate surface area is 141 Å². The molecule has 0 radical (unpaired) electrons. The van der Waals surface area contributed by atoms with Gasteiger partial charge in [0.15, 0.2) is 0 Å². The second-order valence-corrected chi connectivity index (χ2v) is 6.75. The Kier molecular flexibility index (Phi) is 4.08. The zero-order chi connectivity index (χ0) is 16.5. The molecule has 126 valence electrons. The van der Waals surface area contributed by atoms with Crippen molar-refractivity contribution in [2.45, 2.75) is 51.1 Å². The van der Waals surface area contributed by atoms with Crippen LogP contribution in [0.3, 0.4) is 0 Å². The molecule has 1 aromatic heterocycles. The molecule has 0 unspecified atom stereocenters. The number of carbonyl (C=O) groups excluding carboxylic acids is 1. The maximum atomic E-state index is 13.2. The van der Waals surface area contributed by atoms with Crippen LogP contribution in [0.5, 0.6) is 0 Å². The number of piperidine rings is 1. The third-order valence-electron chi connectivity index (χ3n) is 5.23. The standard InChI is InChI=1S/C19H22FN3O/c20-15-9-7-14(8-10-15)17-5-1-3-11-22(17)19(24)16-13-21-23-12-4-2-6-18(16)23/h7-10,13,17H,1-6,11-12H2/t17-/m0/s1. The van der Waals surface area contributed by atoms with Gasteiger partial charge in [0.25, 0.3) is 5.91 Å². The predicted octanol–water partition coefficient (Wildman–Crippen LogP) is 3.73. The molecule has 2 aliphatic heterocycles. The van der Waals surface area contributed by atoms with Gasteiger partial charge in [0.05, 0.1) is 23.5 Å². The Morgan fingerprint density at radius 2 is 1.88 bits per heavy atom. The summed E-state index contributed by atoms with van der Waals surface area (Å²) in [6.07, 6.45) is 7.96. The second kappa shape index (κ2) is 6.38. The van der Waals surface area contributed by atoms with Crippen LogP contribution in [-0.2, 0) is 13.0 Å². The molecule has 0 N–H and O–H groups in total. The molecule has 0 saturated carbocycles. The fraction of sp³-hybridized carbons (Fsp3) is 0.474. The van der Waals surface area contributed by atoms with Crippen molar-refractivity contribution in [2.75, 3.05) is 6.54 Å². The lowest BCUT2D eigenvalue weighted by molar-refractivity contribution is 0.0610. The summed E-state index contributed by atoms with van der Waals surface area (Å²) in [5, 5.41) is 4.40. The van der Waals surface area contributed by atoms with Crippen molar-refractivity contribution in [1.82, 2.24) is 14.7 Å². The highest BCUT2D eigenvalue weighted by atomic mass is 19.1. The van der Waals surface area contributed by atoms with Crippen LogP contribution >= 0.6 is 0 Å². The molecule has 0 spiro atoms. The van der Waals surface area contributed by atoms with Gasteiger partial charge < -0.3 is 4.90 Å². The van der Waals surface area contributed by atoms with E-state index in [0.29, 0.717) is 0 Å². The Morgan fingerprint density at radius 3 is 2.71 bits per heavy atom. The first-order chi connectivity index (χ1) is 11.7. The fourth-order valence-electron chi connectivity index (χ4n) is 3.96. The molecule has 0 bridgehead atoms. The van der Waals surface area contributed by atoms with Crippen molar-refractivity contribution in [3.05, 3.63) is 53.1 Å². The van der Waals surface area contributed by atoms with Gasteiger partial charge in [0, 0.05) is 13.1 Å². The zero-order valence-corrected chi connectivity index (χ0v) is 13.7. The predicted molar refractivity (Wildman–Crippen MR) is 89.2 cm³/mol. The van der Waals surface area contributed by atoms with E-state index in [2.05, 4.69) is 5.10 Å². The van der Waals surface area contributed by atoms with Crippen molar-refractivity contribution < 1.29 is 9.18 Å². The minimum atomic E-state index is -0.238. The van der Waals surface area contributed by atoms with E-state index in [4.69, 9.17) is 0 Å². The largest absolute Gasteiger partial charge is 0.332 e. The topological polar surface area (TPSA) is 38.1 Å². The molecule has 1 saturated heterocycles. The number of aromatic nitrogens is 2. The van der Waals surface area contributed by atoms with E-state index in [9.17, 15) is 9.18 Å². The molecule has 4 rings (SSSR count). The van der Waals surface area contributed by atoms with E-state index in [-0.39, 0.29) is 17.8 Å². The van der Waals surface area contributed by atoms with Crippen LogP contribution in [0.2, 0.25) is 0 Å².